The summed E-state index contributed by atoms with van der Waals surface area (Å²) in [5.74, 6) is -0.00626. The van der Waals surface area contributed by atoms with E-state index in [1.807, 2.05) is 58.3 Å². The Bertz CT molecular complexity index is 962. The fraction of sp³-hybridized carbons (Fsp3) is 0.150. The van der Waals surface area contributed by atoms with Gasteiger partial charge in [-0.05, 0) is 29.8 Å². The predicted molar refractivity (Wildman–Crippen MR) is 103 cm³/mol. The Kier molecular flexibility index (Phi) is 4.75. The second-order valence-electron chi connectivity index (χ2n) is 6.08. The summed E-state index contributed by atoms with van der Waals surface area (Å²) in [5.41, 5.74) is 5.47. The number of amides is 1. The molecule has 0 saturated heterocycles. The predicted octanol–water partition coefficient (Wildman–Crippen LogP) is 3.90. The van der Waals surface area contributed by atoms with E-state index in [2.05, 4.69) is 15.0 Å². The molecule has 1 N–H and O–H groups in total. The molecule has 0 unspecified atom stereocenters. The number of thiazole rings is 1. The zero-order valence-electron chi connectivity index (χ0n) is 14.1. The molecule has 0 aliphatic carbocycles. The molecule has 4 aromatic rings. The first kappa shape index (κ1) is 16.5. The van der Waals surface area contributed by atoms with E-state index in [0.29, 0.717) is 18.8 Å². The van der Waals surface area contributed by atoms with Gasteiger partial charge < -0.3 is 9.88 Å². The molecule has 0 spiro atoms. The Labute approximate surface area is 155 Å². The van der Waals surface area contributed by atoms with Crippen molar-refractivity contribution < 1.29 is 4.79 Å². The molecule has 0 bridgehead atoms. The number of carbonyl (C=O) groups excluding carboxylic acids is 1. The van der Waals surface area contributed by atoms with Crippen molar-refractivity contribution >= 4 is 28.1 Å². The van der Waals surface area contributed by atoms with Gasteiger partial charge in [0.1, 0.15) is 5.69 Å². The minimum absolute atomic E-state index is 0.00626. The van der Waals surface area contributed by atoms with Crippen molar-refractivity contribution in [2.45, 2.75) is 13.0 Å². The third-order valence-electron chi connectivity index (χ3n) is 4.29. The van der Waals surface area contributed by atoms with E-state index in [4.69, 9.17) is 0 Å². The summed E-state index contributed by atoms with van der Waals surface area (Å²) in [7, 11) is 0. The molecule has 6 heteroatoms. The molecule has 5 nitrogen and oxygen atoms in total. The van der Waals surface area contributed by atoms with E-state index in [1.54, 1.807) is 23.7 Å². The summed E-state index contributed by atoms with van der Waals surface area (Å²) in [6.45, 7) is 1.15. The van der Waals surface area contributed by atoms with Crippen LogP contribution in [-0.2, 0) is 13.0 Å². The first-order chi connectivity index (χ1) is 12.8. The minimum Gasteiger partial charge on any atom is -0.351 e. The monoisotopic (exact) mass is 362 g/mol. The lowest BCUT2D eigenvalue weighted by Crippen LogP contribution is -2.32. The number of nitrogens with one attached hydrogen (secondary N) is 1. The van der Waals surface area contributed by atoms with Crippen LogP contribution in [0.5, 0.6) is 0 Å². The van der Waals surface area contributed by atoms with Crippen molar-refractivity contribution in [1.29, 1.82) is 0 Å². The van der Waals surface area contributed by atoms with Crippen LogP contribution in [0.15, 0.2) is 65.7 Å². The van der Waals surface area contributed by atoms with Gasteiger partial charge in [-0.1, -0.05) is 18.2 Å². The van der Waals surface area contributed by atoms with E-state index < -0.39 is 0 Å². The van der Waals surface area contributed by atoms with Gasteiger partial charge in [0, 0.05) is 48.2 Å². The van der Waals surface area contributed by atoms with Gasteiger partial charge in [0.05, 0.1) is 11.2 Å². The molecule has 26 heavy (non-hydrogen) atoms. The van der Waals surface area contributed by atoms with Crippen LogP contribution in [0.2, 0.25) is 0 Å². The summed E-state index contributed by atoms with van der Waals surface area (Å²) in [6.07, 6.45) is 4.24. The molecule has 0 fully saturated rings. The summed E-state index contributed by atoms with van der Waals surface area (Å²) in [4.78, 5) is 26.6. The summed E-state index contributed by atoms with van der Waals surface area (Å²) >= 11 is 1.57. The maximum absolute atomic E-state index is 13.1. The van der Waals surface area contributed by atoms with Crippen LogP contribution in [0.25, 0.3) is 10.9 Å². The van der Waals surface area contributed by atoms with Crippen LogP contribution in [0.1, 0.15) is 21.7 Å². The van der Waals surface area contributed by atoms with Crippen LogP contribution in [-0.4, -0.2) is 32.3 Å². The molecule has 0 aliphatic heterocycles. The summed E-state index contributed by atoms with van der Waals surface area (Å²) in [5, 5.41) is 3.07. The first-order valence-electron chi connectivity index (χ1n) is 8.42. The fourth-order valence-corrected chi connectivity index (χ4v) is 3.52. The molecular formula is C20H18N4OS. The zero-order chi connectivity index (χ0) is 17.8. The SMILES string of the molecule is O=C(c1cc2ccccc2[nH]1)N(CCc1cscn1)Cc1ccncc1. The lowest BCUT2D eigenvalue weighted by Gasteiger charge is -2.22. The van der Waals surface area contributed by atoms with Gasteiger partial charge in [0.15, 0.2) is 0 Å². The Morgan fingerprint density at radius 1 is 1.15 bits per heavy atom. The number of hydrogen-bond acceptors (Lipinski definition) is 4. The number of aromatic amines is 1. The van der Waals surface area contributed by atoms with Crippen LogP contribution in [0, 0.1) is 0 Å². The summed E-state index contributed by atoms with van der Waals surface area (Å²) in [6, 6.07) is 13.7. The second kappa shape index (κ2) is 7.49. The standard InChI is InChI=1S/C20H18N4OS/c25-20(19-11-16-3-1-2-4-18(16)23-19)24(10-7-17-13-26-14-22-17)12-15-5-8-21-9-6-15/h1-6,8-9,11,13-14,23H,7,10,12H2. The topological polar surface area (TPSA) is 61.9 Å². The highest BCUT2D eigenvalue weighted by atomic mass is 32.1. The Morgan fingerprint density at radius 2 is 2.00 bits per heavy atom. The molecule has 0 saturated carbocycles. The molecular weight excluding hydrogens is 344 g/mol. The van der Waals surface area contributed by atoms with Crippen molar-refractivity contribution in [3.8, 4) is 0 Å². The third kappa shape index (κ3) is 3.65. The van der Waals surface area contributed by atoms with Crippen LogP contribution in [0.4, 0.5) is 0 Å². The van der Waals surface area contributed by atoms with E-state index in [-0.39, 0.29) is 5.91 Å². The Morgan fingerprint density at radius 3 is 2.77 bits per heavy atom. The van der Waals surface area contributed by atoms with E-state index >= 15 is 0 Å². The highest BCUT2D eigenvalue weighted by Crippen LogP contribution is 2.17. The van der Waals surface area contributed by atoms with Gasteiger partial charge in [-0.3, -0.25) is 9.78 Å². The van der Waals surface area contributed by atoms with Gasteiger partial charge in [0.25, 0.3) is 5.91 Å². The molecule has 130 valence electrons. The van der Waals surface area contributed by atoms with Crippen molar-refractivity contribution in [3.63, 3.8) is 0 Å². The molecule has 0 atom stereocenters. The van der Waals surface area contributed by atoms with Crippen LogP contribution in [0.3, 0.4) is 0 Å². The number of rotatable bonds is 6. The van der Waals surface area contributed by atoms with E-state index in [1.165, 1.54) is 0 Å². The highest BCUT2D eigenvalue weighted by molar-refractivity contribution is 7.07. The number of H-pyrrole nitrogens is 1. The van der Waals surface area contributed by atoms with E-state index in [9.17, 15) is 4.79 Å². The number of hydrogen-bond donors (Lipinski definition) is 1. The van der Waals surface area contributed by atoms with Gasteiger partial charge in [0.2, 0.25) is 0 Å². The molecule has 1 amide bonds. The van der Waals surface area contributed by atoms with Crippen molar-refractivity contribution in [1.82, 2.24) is 19.9 Å². The molecule has 3 aromatic heterocycles. The maximum atomic E-state index is 13.1. The first-order valence-corrected chi connectivity index (χ1v) is 9.37. The third-order valence-corrected chi connectivity index (χ3v) is 4.93. The normalized spacial score (nSPS) is 10.9. The molecule has 0 radical (unpaired) electrons. The van der Waals surface area contributed by atoms with Gasteiger partial charge >= 0.3 is 0 Å². The zero-order valence-corrected chi connectivity index (χ0v) is 14.9. The largest absolute Gasteiger partial charge is 0.351 e. The number of pyridine rings is 1. The number of carbonyl (C=O) groups is 1. The lowest BCUT2D eigenvalue weighted by molar-refractivity contribution is 0.0740. The van der Waals surface area contributed by atoms with Gasteiger partial charge in [-0.25, -0.2) is 4.98 Å². The maximum Gasteiger partial charge on any atom is 0.270 e. The Hall–Kier alpha value is -2.99. The summed E-state index contributed by atoms with van der Waals surface area (Å²) < 4.78 is 0. The minimum atomic E-state index is -0.00626. The Balaban J connectivity index is 1.58. The number of aromatic nitrogens is 3. The smallest absolute Gasteiger partial charge is 0.270 e. The lowest BCUT2D eigenvalue weighted by atomic mass is 10.2. The number of nitrogens with zero attached hydrogens (tertiary/aromatic N) is 3. The average molecular weight is 362 g/mol. The average Bonchev–Trinajstić information content (AvgIpc) is 3.34. The van der Waals surface area contributed by atoms with Crippen molar-refractivity contribution in [2.24, 2.45) is 0 Å². The van der Waals surface area contributed by atoms with Crippen LogP contribution < -0.4 is 0 Å². The second-order valence-corrected chi connectivity index (χ2v) is 6.80. The van der Waals surface area contributed by atoms with E-state index in [0.717, 1.165) is 28.6 Å². The molecule has 0 aliphatic rings. The fourth-order valence-electron chi connectivity index (χ4n) is 2.93. The number of benzene rings is 1. The number of fused-ring (bicyclic) bond motifs is 1. The van der Waals surface area contributed by atoms with Crippen molar-refractivity contribution in [3.05, 3.63) is 82.7 Å². The molecule has 4 rings (SSSR count). The highest BCUT2D eigenvalue weighted by Gasteiger charge is 2.18. The number of para-hydroxylation sites is 1. The van der Waals surface area contributed by atoms with Crippen molar-refractivity contribution in [2.75, 3.05) is 6.54 Å². The molecule has 3 heterocycles. The van der Waals surface area contributed by atoms with Crippen LogP contribution >= 0.6 is 11.3 Å². The van der Waals surface area contributed by atoms with Gasteiger partial charge in [-0.15, -0.1) is 11.3 Å². The van der Waals surface area contributed by atoms with Gasteiger partial charge in [-0.2, -0.15) is 0 Å². The molecule has 1 aromatic carbocycles. The quantitative estimate of drug-likeness (QED) is 0.566.